The van der Waals surface area contributed by atoms with Crippen LogP contribution in [0.4, 0.5) is 5.69 Å². The number of benzene rings is 2. The minimum absolute atomic E-state index is 0.270. The van der Waals surface area contributed by atoms with Crippen LogP contribution in [0.3, 0.4) is 0 Å². The second-order valence-corrected chi connectivity index (χ2v) is 5.56. The van der Waals surface area contributed by atoms with Crippen molar-refractivity contribution in [3.63, 3.8) is 0 Å². The monoisotopic (exact) mass is 363 g/mol. The maximum Gasteiger partial charge on any atom is 0.257 e. The maximum atomic E-state index is 12.6. The lowest BCUT2D eigenvalue weighted by Crippen LogP contribution is -2.14. The molecule has 2 aromatic carbocycles. The number of nitrogens with one attached hydrogen (secondary N) is 1. The Balaban J connectivity index is 1.93. The number of aromatic nitrogens is 4. The fourth-order valence-corrected chi connectivity index (χ4v) is 2.45. The van der Waals surface area contributed by atoms with Crippen LogP contribution in [0.1, 0.15) is 10.4 Å². The highest BCUT2D eigenvalue weighted by atomic mass is 35.5. The number of carbonyl (C=O) groups is 1. The van der Waals surface area contributed by atoms with Crippen molar-refractivity contribution in [3.8, 4) is 11.4 Å². The number of nitrogens with zero attached hydrogens (tertiary/aromatic N) is 4. The Labute approximate surface area is 147 Å². The molecular formula is C15H11Cl2N5O2. The smallest absolute Gasteiger partial charge is 0.257 e. The largest absolute Gasteiger partial charge is 0.495 e. The van der Waals surface area contributed by atoms with Gasteiger partial charge in [0.05, 0.1) is 29.1 Å². The van der Waals surface area contributed by atoms with E-state index in [2.05, 4.69) is 20.8 Å². The lowest BCUT2D eigenvalue weighted by molar-refractivity contribution is 0.102. The minimum Gasteiger partial charge on any atom is -0.495 e. The van der Waals surface area contributed by atoms with Gasteiger partial charge in [0, 0.05) is 5.02 Å². The summed E-state index contributed by atoms with van der Waals surface area (Å²) in [6.07, 6.45) is 1.42. The van der Waals surface area contributed by atoms with Gasteiger partial charge in [-0.2, -0.15) is 0 Å². The van der Waals surface area contributed by atoms with Crippen LogP contribution in [0.15, 0.2) is 42.7 Å². The van der Waals surface area contributed by atoms with Crippen molar-refractivity contribution in [3.05, 3.63) is 58.3 Å². The van der Waals surface area contributed by atoms with Gasteiger partial charge in [-0.25, -0.2) is 4.68 Å². The van der Waals surface area contributed by atoms with Crippen LogP contribution < -0.4 is 10.1 Å². The molecule has 0 unspecified atom stereocenters. The van der Waals surface area contributed by atoms with Crippen LogP contribution in [0.25, 0.3) is 5.69 Å². The molecule has 3 aromatic rings. The van der Waals surface area contributed by atoms with Gasteiger partial charge < -0.3 is 10.1 Å². The number of hydrogen-bond donors (Lipinski definition) is 1. The summed E-state index contributed by atoms with van der Waals surface area (Å²) in [5, 5.41) is 14.4. The van der Waals surface area contributed by atoms with E-state index in [1.54, 1.807) is 36.4 Å². The zero-order valence-electron chi connectivity index (χ0n) is 12.4. The lowest BCUT2D eigenvalue weighted by atomic mass is 10.1. The predicted octanol–water partition coefficient (Wildman–Crippen LogP) is 3.23. The molecule has 1 N–H and O–H groups in total. The average Bonchev–Trinajstić information content (AvgIpc) is 3.10. The summed E-state index contributed by atoms with van der Waals surface area (Å²) in [4.78, 5) is 12.6. The van der Waals surface area contributed by atoms with Crippen molar-refractivity contribution < 1.29 is 9.53 Å². The highest BCUT2D eigenvalue weighted by Crippen LogP contribution is 2.29. The number of anilines is 1. The SMILES string of the molecule is COc1ccc(Cl)cc1NC(=O)c1cc(-n2cnnn2)ccc1Cl. The molecule has 1 heterocycles. The molecule has 122 valence electrons. The molecule has 3 rings (SSSR count). The third kappa shape index (κ3) is 3.32. The lowest BCUT2D eigenvalue weighted by Gasteiger charge is -2.12. The van der Waals surface area contributed by atoms with Crippen molar-refractivity contribution in [2.75, 3.05) is 12.4 Å². The Kier molecular flexibility index (Phi) is 4.64. The normalized spacial score (nSPS) is 10.5. The quantitative estimate of drug-likeness (QED) is 0.769. The van der Waals surface area contributed by atoms with Crippen LogP contribution in [-0.4, -0.2) is 33.2 Å². The summed E-state index contributed by atoms with van der Waals surface area (Å²) in [5.74, 6) is 0.0796. The molecule has 0 fully saturated rings. The zero-order valence-corrected chi connectivity index (χ0v) is 13.9. The van der Waals surface area contributed by atoms with E-state index >= 15 is 0 Å². The highest BCUT2D eigenvalue weighted by Gasteiger charge is 2.15. The van der Waals surface area contributed by atoms with Gasteiger partial charge in [-0.05, 0) is 46.8 Å². The maximum absolute atomic E-state index is 12.6. The van der Waals surface area contributed by atoms with Crippen LogP contribution in [0.5, 0.6) is 5.75 Å². The van der Waals surface area contributed by atoms with Crippen molar-refractivity contribution in [1.29, 1.82) is 0 Å². The standard InChI is InChI=1S/C15H11Cl2N5O2/c1-24-14-5-2-9(16)6-13(14)19-15(23)11-7-10(3-4-12(11)17)22-8-18-20-21-22/h2-8H,1H3,(H,19,23). The fraction of sp³-hybridized carbons (Fsp3) is 0.0667. The minimum atomic E-state index is -0.407. The number of methoxy groups -OCH3 is 1. The average molecular weight is 364 g/mol. The molecule has 0 atom stereocenters. The molecule has 0 saturated heterocycles. The van der Waals surface area contributed by atoms with Gasteiger partial charge in [-0.1, -0.05) is 23.2 Å². The van der Waals surface area contributed by atoms with E-state index in [9.17, 15) is 4.79 Å². The molecule has 0 saturated carbocycles. The van der Waals surface area contributed by atoms with E-state index in [0.717, 1.165) is 0 Å². The second kappa shape index (κ2) is 6.86. The van der Waals surface area contributed by atoms with E-state index in [1.165, 1.54) is 18.1 Å². The third-order valence-corrected chi connectivity index (χ3v) is 3.78. The predicted molar refractivity (Wildman–Crippen MR) is 90.1 cm³/mol. The van der Waals surface area contributed by atoms with Crippen LogP contribution in [-0.2, 0) is 0 Å². The highest BCUT2D eigenvalue weighted by molar-refractivity contribution is 6.34. The zero-order chi connectivity index (χ0) is 17.1. The molecule has 0 bridgehead atoms. The van der Waals surface area contributed by atoms with E-state index < -0.39 is 5.91 Å². The van der Waals surface area contributed by atoms with Gasteiger partial charge in [0.1, 0.15) is 12.1 Å². The number of ether oxygens (including phenoxy) is 1. The Bertz CT molecular complexity index is 884. The van der Waals surface area contributed by atoms with Crippen LogP contribution >= 0.6 is 23.2 Å². The van der Waals surface area contributed by atoms with E-state index in [4.69, 9.17) is 27.9 Å². The summed E-state index contributed by atoms with van der Waals surface area (Å²) >= 11 is 12.1. The number of carbonyl (C=O) groups excluding carboxylic acids is 1. The summed E-state index contributed by atoms with van der Waals surface area (Å²) in [7, 11) is 1.50. The summed E-state index contributed by atoms with van der Waals surface area (Å²) in [6, 6.07) is 9.82. The molecule has 9 heteroatoms. The van der Waals surface area contributed by atoms with Gasteiger partial charge in [0.2, 0.25) is 0 Å². The molecule has 24 heavy (non-hydrogen) atoms. The number of tetrazole rings is 1. The first kappa shape index (κ1) is 16.2. The molecule has 1 amide bonds. The van der Waals surface area contributed by atoms with E-state index in [1.807, 2.05) is 0 Å². The molecule has 7 nitrogen and oxygen atoms in total. The van der Waals surface area contributed by atoms with Gasteiger partial charge >= 0.3 is 0 Å². The van der Waals surface area contributed by atoms with Gasteiger partial charge in [-0.15, -0.1) is 5.10 Å². The molecule has 0 spiro atoms. The van der Waals surface area contributed by atoms with Crippen LogP contribution in [0, 0.1) is 0 Å². The van der Waals surface area contributed by atoms with Crippen molar-refractivity contribution >= 4 is 34.8 Å². The number of hydrogen-bond acceptors (Lipinski definition) is 5. The summed E-state index contributed by atoms with van der Waals surface area (Å²) in [5.41, 5.74) is 1.32. The first-order valence-electron chi connectivity index (χ1n) is 6.76. The Hall–Kier alpha value is -2.64. The third-order valence-electron chi connectivity index (χ3n) is 3.22. The van der Waals surface area contributed by atoms with Crippen molar-refractivity contribution in [2.24, 2.45) is 0 Å². The van der Waals surface area contributed by atoms with Gasteiger partial charge in [0.15, 0.2) is 0 Å². The summed E-state index contributed by atoms with van der Waals surface area (Å²) in [6.45, 7) is 0. The van der Waals surface area contributed by atoms with E-state index in [-0.39, 0.29) is 5.56 Å². The molecule has 0 radical (unpaired) electrons. The first-order valence-corrected chi connectivity index (χ1v) is 7.52. The topological polar surface area (TPSA) is 81.9 Å². The molecule has 0 aliphatic carbocycles. The Morgan fingerprint density at radius 1 is 1.21 bits per heavy atom. The van der Waals surface area contributed by atoms with Gasteiger partial charge in [-0.3, -0.25) is 4.79 Å². The first-order chi connectivity index (χ1) is 11.6. The summed E-state index contributed by atoms with van der Waals surface area (Å²) < 4.78 is 6.64. The van der Waals surface area contributed by atoms with E-state index in [0.29, 0.717) is 27.2 Å². The van der Waals surface area contributed by atoms with Gasteiger partial charge in [0.25, 0.3) is 5.91 Å². The Morgan fingerprint density at radius 3 is 2.75 bits per heavy atom. The second-order valence-electron chi connectivity index (χ2n) is 4.72. The number of rotatable bonds is 4. The number of halogens is 2. The fourth-order valence-electron chi connectivity index (χ4n) is 2.08. The van der Waals surface area contributed by atoms with Crippen molar-refractivity contribution in [2.45, 2.75) is 0 Å². The molecule has 0 aliphatic rings. The Morgan fingerprint density at radius 2 is 2.04 bits per heavy atom. The number of amides is 1. The van der Waals surface area contributed by atoms with Crippen molar-refractivity contribution in [1.82, 2.24) is 20.2 Å². The molecular weight excluding hydrogens is 353 g/mol. The molecule has 1 aromatic heterocycles. The van der Waals surface area contributed by atoms with Crippen LogP contribution in [0.2, 0.25) is 10.0 Å². The molecule has 0 aliphatic heterocycles.